The van der Waals surface area contributed by atoms with E-state index in [1.807, 2.05) is 6.07 Å². The van der Waals surface area contributed by atoms with E-state index < -0.39 is 11.7 Å². The van der Waals surface area contributed by atoms with Crippen molar-refractivity contribution < 1.29 is 9.18 Å². The number of pyridine rings is 1. The first-order chi connectivity index (χ1) is 9.65. The third-order valence-corrected chi connectivity index (χ3v) is 3.03. The second-order valence-electron chi connectivity index (χ2n) is 4.03. The summed E-state index contributed by atoms with van der Waals surface area (Å²) in [7, 11) is 0. The summed E-state index contributed by atoms with van der Waals surface area (Å²) in [6.07, 6.45) is 1.72. The molecule has 0 aliphatic rings. The van der Waals surface area contributed by atoms with E-state index in [-0.39, 0.29) is 16.5 Å². The molecule has 0 atom stereocenters. The number of anilines is 1. The van der Waals surface area contributed by atoms with E-state index >= 15 is 0 Å². The van der Waals surface area contributed by atoms with Crippen LogP contribution in [0.5, 0.6) is 0 Å². The summed E-state index contributed by atoms with van der Waals surface area (Å²) in [5.74, 6) is -0.710. The Morgan fingerprint density at radius 3 is 2.90 bits per heavy atom. The maximum atomic E-state index is 13.0. The zero-order valence-corrected chi connectivity index (χ0v) is 10.8. The molecule has 0 unspecified atom stereocenters. The maximum absolute atomic E-state index is 13.0. The second-order valence-corrected chi connectivity index (χ2v) is 4.44. The number of carbonyl (C=O) groups is 1. The molecule has 1 N–H and O–H groups in total. The zero-order valence-electron chi connectivity index (χ0n) is 10.0. The van der Waals surface area contributed by atoms with Crippen LogP contribution in [0, 0.1) is 5.82 Å². The summed E-state index contributed by atoms with van der Waals surface area (Å²) < 4.78 is 14.6. The normalized spacial score (nSPS) is 10.7. The third kappa shape index (κ3) is 2.21. The van der Waals surface area contributed by atoms with Gasteiger partial charge in [0.05, 0.1) is 10.6 Å². The van der Waals surface area contributed by atoms with E-state index in [0.29, 0.717) is 5.65 Å². The van der Waals surface area contributed by atoms with Crippen molar-refractivity contribution in [1.82, 2.24) is 14.6 Å². The summed E-state index contributed by atoms with van der Waals surface area (Å²) in [5, 5.41) is 10.4. The Labute approximate surface area is 118 Å². The van der Waals surface area contributed by atoms with Gasteiger partial charge in [0.2, 0.25) is 5.95 Å². The van der Waals surface area contributed by atoms with Gasteiger partial charge in [-0.3, -0.25) is 14.5 Å². The van der Waals surface area contributed by atoms with Gasteiger partial charge in [-0.15, -0.1) is 10.2 Å². The largest absolute Gasteiger partial charge is 0.290 e. The highest BCUT2D eigenvalue weighted by Crippen LogP contribution is 2.18. The highest BCUT2D eigenvalue weighted by atomic mass is 35.5. The van der Waals surface area contributed by atoms with Crippen molar-refractivity contribution in [2.24, 2.45) is 0 Å². The number of nitrogens with zero attached hydrogens (tertiary/aromatic N) is 3. The fraction of sp³-hybridized carbons (Fsp3) is 0. The van der Waals surface area contributed by atoms with Gasteiger partial charge in [0.25, 0.3) is 5.91 Å². The Balaban J connectivity index is 1.92. The number of benzene rings is 1. The van der Waals surface area contributed by atoms with Crippen LogP contribution in [0.4, 0.5) is 10.3 Å². The first-order valence-electron chi connectivity index (χ1n) is 5.71. The minimum absolute atomic E-state index is 0.0383. The molecule has 0 saturated carbocycles. The first kappa shape index (κ1) is 12.6. The predicted octanol–water partition coefficient (Wildman–Crippen LogP) is 2.77. The van der Waals surface area contributed by atoms with Gasteiger partial charge in [-0.2, -0.15) is 0 Å². The van der Waals surface area contributed by atoms with Crippen LogP contribution in [0.3, 0.4) is 0 Å². The molecule has 1 amide bonds. The monoisotopic (exact) mass is 290 g/mol. The van der Waals surface area contributed by atoms with Gasteiger partial charge in [-0.25, -0.2) is 4.39 Å². The van der Waals surface area contributed by atoms with E-state index in [1.54, 1.807) is 22.7 Å². The van der Waals surface area contributed by atoms with Crippen LogP contribution in [0.1, 0.15) is 10.4 Å². The highest BCUT2D eigenvalue weighted by molar-refractivity contribution is 6.34. The molecule has 3 aromatic rings. The van der Waals surface area contributed by atoms with Gasteiger partial charge in [0, 0.05) is 6.20 Å². The topological polar surface area (TPSA) is 59.3 Å². The Bertz CT molecular complexity index is 802. The number of hydrogen-bond acceptors (Lipinski definition) is 3. The minimum atomic E-state index is -0.500. The van der Waals surface area contributed by atoms with Crippen molar-refractivity contribution >= 4 is 29.1 Å². The quantitative estimate of drug-likeness (QED) is 0.789. The van der Waals surface area contributed by atoms with Crippen LogP contribution in [-0.2, 0) is 0 Å². The molecule has 100 valence electrons. The Kier molecular flexibility index (Phi) is 3.08. The summed E-state index contributed by atoms with van der Waals surface area (Å²) >= 11 is 5.84. The molecule has 2 aromatic heterocycles. The lowest BCUT2D eigenvalue weighted by Gasteiger charge is -2.05. The van der Waals surface area contributed by atoms with Crippen molar-refractivity contribution in [3.8, 4) is 0 Å². The molecule has 0 bridgehead atoms. The molecule has 0 spiro atoms. The van der Waals surface area contributed by atoms with Crippen molar-refractivity contribution in [3.05, 3.63) is 59.0 Å². The van der Waals surface area contributed by atoms with E-state index in [4.69, 9.17) is 11.6 Å². The highest BCUT2D eigenvalue weighted by Gasteiger charge is 2.14. The van der Waals surface area contributed by atoms with Gasteiger partial charge in [-0.1, -0.05) is 17.7 Å². The van der Waals surface area contributed by atoms with E-state index in [0.717, 1.165) is 6.07 Å². The predicted molar refractivity (Wildman–Crippen MR) is 72.4 cm³/mol. The minimum Gasteiger partial charge on any atom is -0.290 e. The molecule has 3 rings (SSSR count). The fourth-order valence-corrected chi connectivity index (χ4v) is 2.02. The average Bonchev–Trinajstić information content (AvgIpc) is 2.82. The third-order valence-electron chi connectivity index (χ3n) is 2.71. The number of rotatable bonds is 2. The smallest absolute Gasteiger partial charge is 0.259 e. The van der Waals surface area contributed by atoms with E-state index in [2.05, 4.69) is 15.5 Å². The number of nitrogens with one attached hydrogen (secondary N) is 1. The number of amides is 1. The Hall–Kier alpha value is -2.47. The number of halogens is 2. The molecule has 0 fully saturated rings. The van der Waals surface area contributed by atoms with Crippen LogP contribution in [0.2, 0.25) is 5.02 Å². The van der Waals surface area contributed by atoms with Crippen molar-refractivity contribution in [2.75, 3.05) is 5.32 Å². The van der Waals surface area contributed by atoms with Gasteiger partial charge < -0.3 is 0 Å². The first-order valence-corrected chi connectivity index (χ1v) is 6.09. The summed E-state index contributed by atoms with van der Waals surface area (Å²) in [6, 6.07) is 8.92. The van der Waals surface area contributed by atoms with Crippen LogP contribution in [-0.4, -0.2) is 20.5 Å². The lowest BCUT2D eigenvalue weighted by molar-refractivity contribution is 0.102. The number of fused-ring (bicyclic) bond motifs is 1. The van der Waals surface area contributed by atoms with Crippen LogP contribution < -0.4 is 5.32 Å². The molecule has 5 nitrogen and oxygen atoms in total. The van der Waals surface area contributed by atoms with Crippen LogP contribution in [0.25, 0.3) is 5.65 Å². The van der Waals surface area contributed by atoms with Crippen molar-refractivity contribution in [1.29, 1.82) is 0 Å². The number of carbonyl (C=O) groups excluding carboxylic acids is 1. The lowest BCUT2D eigenvalue weighted by atomic mass is 10.2. The van der Waals surface area contributed by atoms with Gasteiger partial charge in [0.1, 0.15) is 5.82 Å². The summed E-state index contributed by atoms with van der Waals surface area (Å²) in [5.41, 5.74) is 0.772. The molecule has 0 radical (unpaired) electrons. The molecule has 7 heteroatoms. The zero-order chi connectivity index (χ0) is 14.1. The SMILES string of the molecule is O=C(Nc1nnc2ccccn12)c1ccc(F)cc1Cl. The van der Waals surface area contributed by atoms with E-state index in [9.17, 15) is 9.18 Å². The second kappa shape index (κ2) is 4.90. The standard InChI is InChI=1S/C13H8ClFN4O/c14-10-7-8(15)4-5-9(10)12(20)16-13-18-17-11-3-1-2-6-19(11)13/h1-7H,(H,16,18,20). The fourth-order valence-electron chi connectivity index (χ4n) is 1.77. The van der Waals surface area contributed by atoms with Gasteiger partial charge in [0.15, 0.2) is 5.65 Å². The maximum Gasteiger partial charge on any atom is 0.259 e. The van der Waals surface area contributed by atoms with Crippen molar-refractivity contribution in [3.63, 3.8) is 0 Å². The van der Waals surface area contributed by atoms with Gasteiger partial charge >= 0.3 is 0 Å². The molecule has 0 saturated heterocycles. The molecular weight excluding hydrogens is 283 g/mol. The molecule has 2 heterocycles. The molecule has 1 aromatic carbocycles. The van der Waals surface area contributed by atoms with Crippen LogP contribution in [0.15, 0.2) is 42.6 Å². The summed E-state index contributed by atoms with van der Waals surface area (Å²) in [6.45, 7) is 0. The Morgan fingerprint density at radius 2 is 2.10 bits per heavy atom. The average molecular weight is 291 g/mol. The molecule has 20 heavy (non-hydrogen) atoms. The van der Waals surface area contributed by atoms with Crippen molar-refractivity contribution in [2.45, 2.75) is 0 Å². The molecule has 0 aliphatic heterocycles. The van der Waals surface area contributed by atoms with Crippen LogP contribution >= 0.6 is 11.6 Å². The number of hydrogen-bond donors (Lipinski definition) is 1. The Morgan fingerprint density at radius 1 is 1.25 bits per heavy atom. The lowest BCUT2D eigenvalue weighted by Crippen LogP contribution is -2.14. The van der Waals surface area contributed by atoms with Gasteiger partial charge in [-0.05, 0) is 30.3 Å². The molecule has 0 aliphatic carbocycles. The van der Waals surface area contributed by atoms with E-state index in [1.165, 1.54) is 12.1 Å². The summed E-state index contributed by atoms with van der Waals surface area (Å²) in [4.78, 5) is 12.1. The molecular formula is C13H8ClFN4O. The number of aromatic nitrogens is 3.